The highest BCUT2D eigenvalue weighted by atomic mass is 35.5. The molecule has 0 amide bonds. The van der Waals surface area contributed by atoms with Gasteiger partial charge in [-0.3, -0.25) is 0 Å². The first-order chi connectivity index (χ1) is 7.59. The van der Waals surface area contributed by atoms with E-state index >= 15 is 0 Å². The van der Waals surface area contributed by atoms with Crippen LogP contribution in [-0.4, -0.2) is 9.67 Å². The molecule has 1 unspecified atom stereocenters. The van der Waals surface area contributed by atoms with Crippen molar-refractivity contribution in [3.63, 3.8) is 0 Å². The smallest absolute Gasteiger partial charge is 0.119 e. The molecular formula is C13H14ClNO. The Hall–Kier alpha value is -1.25. The van der Waals surface area contributed by atoms with Gasteiger partial charge in [-0.25, -0.2) is 0 Å². The van der Waals surface area contributed by atoms with Crippen molar-refractivity contribution < 1.29 is 5.11 Å². The van der Waals surface area contributed by atoms with Crippen molar-refractivity contribution in [1.82, 2.24) is 4.57 Å². The maximum absolute atomic E-state index is 10.3. The number of aryl methyl sites for hydroxylation is 2. The summed E-state index contributed by atoms with van der Waals surface area (Å²) >= 11 is 5.89. The third-order valence-corrected chi connectivity index (χ3v) is 3.03. The first-order valence-electron chi connectivity index (χ1n) is 5.15. The predicted octanol–water partition coefficient (Wildman–Crippen LogP) is 3.07. The van der Waals surface area contributed by atoms with Gasteiger partial charge in [0.05, 0.1) is 5.69 Å². The van der Waals surface area contributed by atoms with E-state index in [1.165, 1.54) is 0 Å². The first-order valence-corrected chi connectivity index (χ1v) is 5.52. The fourth-order valence-electron chi connectivity index (χ4n) is 1.86. The van der Waals surface area contributed by atoms with Gasteiger partial charge in [-0.15, -0.1) is 0 Å². The van der Waals surface area contributed by atoms with Crippen LogP contribution in [-0.2, 0) is 7.05 Å². The van der Waals surface area contributed by atoms with E-state index in [4.69, 9.17) is 11.6 Å². The highest BCUT2D eigenvalue weighted by Crippen LogP contribution is 2.26. The Kier molecular flexibility index (Phi) is 3.03. The number of aromatic nitrogens is 1. The molecule has 1 aromatic carbocycles. The van der Waals surface area contributed by atoms with Gasteiger partial charge in [0, 0.05) is 18.3 Å². The predicted molar refractivity (Wildman–Crippen MR) is 65.7 cm³/mol. The van der Waals surface area contributed by atoms with Crippen molar-refractivity contribution in [1.29, 1.82) is 0 Å². The lowest BCUT2D eigenvalue weighted by Crippen LogP contribution is -2.06. The average Bonchev–Trinajstić information content (AvgIpc) is 2.63. The topological polar surface area (TPSA) is 25.2 Å². The molecule has 1 N–H and O–H groups in total. The molecule has 2 aromatic rings. The van der Waals surface area contributed by atoms with Crippen LogP contribution in [0.15, 0.2) is 36.5 Å². The molecule has 3 heteroatoms. The second kappa shape index (κ2) is 4.32. The number of halogens is 1. The molecule has 1 atom stereocenters. The van der Waals surface area contributed by atoms with E-state index in [0.717, 1.165) is 16.8 Å². The molecule has 0 radical (unpaired) electrons. The Labute approximate surface area is 100 Å². The third-order valence-electron chi connectivity index (χ3n) is 2.79. The summed E-state index contributed by atoms with van der Waals surface area (Å²) in [6, 6.07) is 9.37. The van der Waals surface area contributed by atoms with Crippen LogP contribution in [0.2, 0.25) is 5.02 Å². The van der Waals surface area contributed by atoms with Gasteiger partial charge in [0.25, 0.3) is 0 Å². The van der Waals surface area contributed by atoms with Crippen LogP contribution in [0.25, 0.3) is 0 Å². The molecule has 0 aliphatic heterocycles. The van der Waals surface area contributed by atoms with Gasteiger partial charge < -0.3 is 9.67 Å². The lowest BCUT2D eigenvalue weighted by molar-refractivity contribution is 0.211. The second-order valence-corrected chi connectivity index (χ2v) is 4.38. The fourth-order valence-corrected chi connectivity index (χ4v) is 2.09. The zero-order valence-electron chi connectivity index (χ0n) is 9.31. The number of hydrogen-bond acceptors (Lipinski definition) is 1. The molecule has 2 rings (SSSR count). The van der Waals surface area contributed by atoms with Crippen molar-refractivity contribution in [3.05, 3.63) is 58.4 Å². The monoisotopic (exact) mass is 235 g/mol. The average molecular weight is 236 g/mol. The molecule has 0 spiro atoms. The van der Waals surface area contributed by atoms with Gasteiger partial charge in [-0.05, 0) is 42.3 Å². The molecule has 0 aliphatic rings. The molecule has 0 saturated heterocycles. The lowest BCUT2D eigenvalue weighted by atomic mass is 10.0. The number of rotatable bonds is 2. The normalized spacial score (nSPS) is 12.8. The maximum Gasteiger partial charge on any atom is 0.119 e. The van der Waals surface area contributed by atoms with Gasteiger partial charge in [-0.2, -0.15) is 0 Å². The summed E-state index contributed by atoms with van der Waals surface area (Å²) in [6.45, 7) is 1.95. The van der Waals surface area contributed by atoms with Crippen LogP contribution in [0.4, 0.5) is 0 Å². The van der Waals surface area contributed by atoms with E-state index in [0.29, 0.717) is 5.02 Å². The highest BCUT2D eigenvalue weighted by molar-refractivity contribution is 6.30. The van der Waals surface area contributed by atoms with Gasteiger partial charge in [0.2, 0.25) is 0 Å². The van der Waals surface area contributed by atoms with Crippen molar-refractivity contribution in [3.8, 4) is 0 Å². The first kappa shape index (κ1) is 11.2. The molecule has 16 heavy (non-hydrogen) atoms. The molecule has 2 nitrogen and oxygen atoms in total. The number of benzene rings is 1. The minimum absolute atomic E-state index is 0.600. The zero-order chi connectivity index (χ0) is 11.7. The summed E-state index contributed by atoms with van der Waals surface area (Å²) < 4.78 is 1.92. The Morgan fingerprint density at radius 1 is 1.31 bits per heavy atom. The molecule has 0 saturated carbocycles. The minimum Gasteiger partial charge on any atom is -0.382 e. The van der Waals surface area contributed by atoms with E-state index in [1.807, 2.05) is 49.0 Å². The molecule has 0 aliphatic carbocycles. The quantitative estimate of drug-likeness (QED) is 0.850. The Morgan fingerprint density at radius 2 is 2.06 bits per heavy atom. The Balaban J connectivity index is 2.41. The Bertz CT molecular complexity index is 504. The van der Waals surface area contributed by atoms with Crippen LogP contribution in [0.5, 0.6) is 0 Å². The highest BCUT2D eigenvalue weighted by Gasteiger charge is 2.15. The lowest BCUT2D eigenvalue weighted by Gasteiger charge is -2.15. The summed E-state index contributed by atoms with van der Waals surface area (Å²) in [5.41, 5.74) is 2.78. The van der Waals surface area contributed by atoms with Gasteiger partial charge in [0.1, 0.15) is 6.10 Å². The number of aliphatic hydroxyl groups is 1. The van der Waals surface area contributed by atoms with Crippen molar-refractivity contribution in [2.24, 2.45) is 7.05 Å². The maximum atomic E-state index is 10.3. The van der Waals surface area contributed by atoms with E-state index in [-0.39, 0.29) is 0 Å². The summed E-state index contributed by atoms with van der Waals surface area (Å²) in [5, 5.41) is 11.0. The van der Waals surface area contributed by atoms with Crippen LogP contribution < -0.4 is 0 Å². The SMILES string of the molecule is Cc1cc(Cl)ccc1C(O)c1cccn1C. The molecule has 0 fully saturated rings. The number of hydrogen-bond donors (Lipinski definition) is 1. The largest absolute Gasteiger partial charge is 0.382 e. The minimum atomic E-state index is -0.600. The molecule has 1 heterocycles. The van der Waals surface area contributed by atoms with E-state index in [1.54, 1.807) is 6.07 Å². The summed E-state index contributed by atoms with van der Waals surface area (Å²) in [7, 11) is 1.92. The van der Waals surface area contributed by atoms with E-state index in [9.17, 15) is 5.11 Å². The van der Waals surface area contributed by atoms with E-state index in [2.05, 4.69) is 0 Å². The van der Waals surface area contributed by atoms with Crippen molar-refractivity contribution >= 4 is 11.6 Å². The zero-order valence-corrected chi connectivity index (χ0v) is 10.1. The van der Waals surface area contributed by atoms with Gasteiger partial charge in [0.15, 0.2) is 0 Å². The molecule has 0 bridgehead atoms. The van der Waals surface area contributed by atoms with E-state index < -0.39 is 6.10 Å². The summed E-state index contributed by atoms with van der Waals surface area (Å²) in [4.78, 5) is 0. The van der Waals surface area contributed by atoms with Crippen LogP contribution in [0.3, 0.4) is 0 Å². The molecule has 1 aromatic heterocycles. The Morgan fingerprint density at radius 3 is 2.62 bits per heavy atom. The third kappa shape index (κ3) is 1.99. The standard InChI is InChI=1S/C13H14ClNO/c1-9-8-10(14)5-6-11(9)13(16)12-4-3-7-15(12)2/h3-8,13,16H,1-2H3. The van der Waals surface area contributed by atoms with Gasteiger partial charge in [-0.1, -0.05) is 17.7 Å². The van der Waals surface area contributed by atoms with Crippen molar-refractivity contribution in [2.75, 3.05) is 0 Å². The number of aliphatic hydroxyl groups excluding tert-OH is 1. The molecular weight excluding hydrogens is 222 g/mol. The second-order valence-electron chi connectivity index (χ2n) is 3.95. The molecule has 84 valence electrons. The summed E-state index contributed by atoms with van der Waals surface area (Å²) in [5.74, 6) is 0. The van der Waals surface area contributed by atoms with Crippen LogP contribution in [0, 0.1) is 6.92 Å². The number of nitrogens with zero attached hydrogens (tertiary/aromatic N) is 1. The fraction of sp³-hybridized carbons (Fsp3) is 0.231. The van der Waals surface area contributed by atoms with Gasteiger partial charge >= 0.3 is 0 Å². The van der Waals surface area contributed by atoms with Crippen LogP contribution >= 0.6 is 11.6 Å². The summed E-state index contributed by atoms with van der Waals surface area (Å²) in [6.07, 6.45) is 1.32. The van der Waals surface area contributed by atoms with Crippen LogP contribution in [0.1, 0.15) is 22.9 Å². The van der Waals surface area contributed by atoms with Crippen molar-refractivity contribution in [2.45, 2.75) is 13.0 Å².